The highest BCUT2D eigenvalue weighted by Gasteiger charge is 2.26. The first kappa shape index (κ1) is 20.6. The molecule has 2 aromatic carbocycles. The number of hydrogen-bond donors (Lipinski definition) is 2. The molecule has 0 radical (unpaired) electrons. The van der Waals surface area contributed by atoms with Crippen LogP contribution in [0.5, 0.6) is 5.75 Å². The molecule has 7 heteroatoms. The molecule has 4 rings (SSSR count). The van der Waals surface area contributed by atoms with E-state index >= 15 is 0 Å². The Balaban J connectivity index is 1.77. The zero-order valence-corrected chi connectivity index (χ0v) is 17.4. The molecule has 1 aliphatic rings. The van der Waals surface area contributed by atoms with Gasteiger partial charge in [0.05, 0.1) is 11.6 Å². The Hall–Kier alpha value is -3.63. The zero-order valence-electron chi connectivity index (χ0n) is 17.4. The number of aromatic nitrogens is 2. The van der Waals surface area contributed by atoms with Crippen molar-refractivity contribution in [1.82, 2.24) is 9.97 Å². The molecular weight excluding hydrogens is 390 g/mol. The van der Waals surface area contributed by atoms with Crippen LogP contribution in [0.4, 0.5) is 5.82 Å². The molecule has 1 fully saturated rings. The molecule has 1 aromatic heterocycles. The number of H-pyrrole nitrogens is 1. The number of nitriles is 1. The van der Waals surface area contributed by atoms with Gasteiger partial charge in [-0.05, 0) is 25.8 Å². The first-order valence-electron chi connectivity index (χ1n) is 10.4. The van der Waals surface area contributed by atoms with Crippen LogP contribution < -0.4 is 20.9 Å². The fourth-order valence-corrected chi connectivity index (χ4v) is 3.90. The van der Waals surface area contributed by atoms with Crippen LogP contribution in [-0.2, 0) is 0 Å². The van der Waals surface area contributed by atoms with Gasteiger partial charge >= 0.3 is 0 Å². The Labute approximate surface area is 181 Å². The summed E-state index contributed by atoms with van der Waals surface area (Å²) >= 11 is 0. The van der Waals surface area contributed by atoms with E-state index in [1.807, 2.05) is 54.3 Å². The van der Waals surface area contributed by atoms with Gasteiger partial charge < -0.3 is 20.4 Å². The number of benzene rings is 2. The monoisotopic (exact) mass is 415 g/mol. The second-order valence-electron chi connectivity index (χ2n) is 7.74. The lowest BCUT2D eigenvalue weighted by molar-refractivity contribution is 0.222. The fraction of sp³-hybridized carbons (Fsp3) is 0.292. The lowest BCUT2D eigenvalue weighted by Gasteiger charge is -2.33. The first-order chi connectivity index (χ1) is 15.1. The number of ether oxygens (including phenoxy) is 1. The number of piperidine rings is 1. The van der Waals surface area contributed by atoms with Crippen LogP contribution in [-0.4, -0.2) is 29.1 Å². The predicted molar refractivity (Wildman–Crippen MR) is 120 cm³/mol. The van der Waals surface area contributed by atoms with Gasteiger partial charge in [0, 0.05) is 30.3 Å². The standard InChI is InChI=1S/C24H25N5O2/c1-16(20-12-6-5-10-18(20)14-25)31-21-23(29-13-7-11-19(26)15-29)27-22(28-24(21)30)17-8-3-2-4-9-17/h2-6,8-10,12,16,19H,7,11,13,15,26H2,1H3,(H,27,28,30). The van der Waals surface area contributed by atoms with Crippen molar-refractivity contribution in [3.05, 3.63) is 76.1 Å². The Morgan fingerprint density at radius 3 is 2.71 bits per heavy atom. The van der Waals surface area contributed by atoms with E-state index in [-0.39, 0.29) is 17.4 Å². The molecule has 158 valence electrons. The number of aromatic amines is 1. The van der Waals surface area contributed by atoms with Gasteiger partial charge in [-0.1, -0.05) is 48.5 Å². The minimum Gasteiger partial charge on any atom is -0.477 e. The molecule has 3 aromatic rings. The summed E-state index contributed by atoms with van der Waals surface area (Å²) in [4.78, 5) is 22.8. The minimum absolute atomic E-state index is 0.0135. The molecule has 0 bridgehead atoms. The Bertz CT molecular complexity index is 1150. The van der Waals surface area contributed by atoms with E-state index in [0.717, 1.165) is 30.5 Å². The second-order valence-corrected chi connectivity index (χ2v) is 7.74. The molecule has 2 atom stereocenters. The van der Waals surface area contributed by atoms with Gasteiger partial charge in [0.15, 0.2) is 5.82 Å². The molecule has 1 aliphatic heterocycles. The number of hydrogen-bond acceptors (Lipinski definition) is 6. The second kappa shape index (κ2) is 9.02. The van der Waals surface area contributed by atoms with Crippen LogP contribution in [0.15, 0.2) is 59.4 Å². The summed E-state index contributed by atoms with van der Waals surface area (Å²) in [5.74, 6) is 1.12. The molecule has 2 heterocycles. The summed E-state index contributed by atoms with van der Waals surface area (Å²) in [6, 6.07) is 18.9. The van der Waals surface area contributed by atoms with E-state index in [2.05, 4.69) is 11.1 Å². The summed E-state index contributed by atoms with van der Waals surface area (Å²) in [7, 11) is 0. The Morgan fingerprint density at radius 2 is 1.97 bits per heavy atom. The van der Waals surface area contributed by atoms with Crippen LogP contribution >= 0.6 is 0 Å². The normalized spacial score (nSPS) is 17.1. The van der Waals surface area contributed by atoms with E-state index in [1.54, 1.807) is 12.1 Å². The number of rotatable bonds is 5. The van der Waals surface area contributed by atoms with E-state index in [1.165, 1.54) is 0 Å². The molecule has 0 amide bonds. The smallest absolute Gasteiger partial charge is 0.295 e. The van der Waals surface area contributed by atoms with E-state index in [4.69, 9.17) is 15.5 Å². The summed E-state index contributed by atoms with van der Waals surface area (Å²) < 4.78 is 6.14. The van der Waals surface area contributed by atoms with E-state index < -0.39 is 6.10 Å². The van der Waals surface area contributed by atoms with Crippen molar-refractivity contribution in [2.24, 2.45) is 5.73 Å². The third-order valence-corrected chi connectivity index (χ3v) is 5.48. The molecule has 2 unspecified atom stereocenters. The van der Waals surface area contributed by atoms with Crippen molar-refractivity contribution in [3.63, 3.8) is 0 Å². The van der Waals surface area contributed by atoms with Crippen molar-refractivity contribution in [3.8, 4) is 23.2 Å². The zero-order chi connectivity index (χ0) is 21.8. The third-order valence-electron chi connectivity index (χ3n) is 5.48. The topological polar surface area (TPSA) is 108 Å². The predicted octanol–water partition coefficient (Wildman–Crippen LogP) is 3.38. The van der Waals surface area contributed by atoms with Crippen LogP contribution in [0.3, 0.4) is 0 Å². The van der Waals surface area contributed by atoms with Crippen LogP contribution in [0, 0.1) is 11.3 Å². The molecule has 0 spiro atoms. The Kier molecular flexibility index (Phi) is 6.01. The van der Waals surface area contributed by atoms with Crippen LogP contribution in [0.2, 0.25) is 0 Å². The van der Waals surface area contributed by atoms with Gasteiger partial charge in [0.25, 0.3) is 5.56 Å². The maximum atomic E-state index is 13.1. The molecule has 31 heavy (non-hydrogen) atoms. The average Bonchev–Trinajstić information content (AvgIpc) is 2.80. The molecule has 0 saturated carbocycles. The Morgan fingerprint density at radius 1 is 1.23 bits per heavy atom. The van der Waals surface area contributed by atoms with Gasteiger partial charge in [-0.2, -0.15) is 5.26 Å². The lowest BCUT2D eigenvalue weighted by atomic mass is 10.0. The quantitative estimate of drug-likeness (QED) is 0.661. The average molecular weight is 415 g/mol. The first-order valence-corrected chi connectivity index (χ1v) is 10.4. The maximum absolute atomic E-state index is 13.1. The van der Waals surface area contributed by atoms with Gasteiger partial charge in [0.1, 0.15) is 11.9 Å². The van der Waals surface area contributed by atoms with Crippen molar-refractivity contribution in [1.29, 1.82) is 5.26 Å². The number of nitrogens with one attached hydrogen (secondary N) is 1. The highest BCUT2D eigenvalue weighted by Crippen LogP contribution is 2.31. The van der Waals surface area contributed by atoms with Gasteiger partial charge in [-0.3, -0.25) is 4.79 Å². The lowest BCUT2D eigenvalue weighted by Crippen LogP contribution is -2.44. The summed E-state index contributed by atoms with van der Waals surface area (Å²) in [5, 5.41) is 9.43. The largest absolute Gasteiger partial charge is 0.477 e. The SMILES string of the molecule is CC(Oc1c(N2CCCC(N)C2)nc(-c2ccccc2)[nH]c1=O)c1ccccc1C#N. The number of nitrogens with zero attached hydrogens (tertiary/aromatic N) is 3. The number of nitrogens with two attached hydrogens (primary N) is 1. The molecule has 1 saturated heterocycles. The molecule has 3 N–H and O–H groups in total. The maximum Gasteiger partial charge on any atom is 0.295 e. The van der Waals surface area contributed by atoms with Crippen molar-refractivity contribution in [2.75, 3.05) is 18.0 Å². The van der Waals surface area contributed by atoms with E-state index in [9.17, 15) is 10.1 Å². The van der Waals surface area contributed by atoms with Crippen molar-refractivity contribution < 1.29 is 4.74 Å². The highest BCUT2D eigenvalue weighted by molar-refractivity contribution is 5.61. The summed E-state index contributed by atoms with van der Waals surface area (Å²) in [6.07, 6.45) is 1.36. The van der Waals surface area contributed by atoms with Crippen LogP contribution in [0.25, 0.3) is 11.4 Å². The van der Waals surface area contributed by atoms with Gasteiger partial charge in [-0.25, -0.2) is 4.98 Å². The molecule has 7 nitrogen and oxygen atoms in total. The summed E-state index contributed by atoms with van der Waals surface area (Å²) in [6.45, 7) is 3.18. The van der Waals surface area contributed by atoms with Crippen LogP contribution in [0.1, 0.15) is 37.0 Å². The molecule has 0 aliphatic carbocycles. The van der Waals surface area contributed by atoms with Crippen molar-refractivity contribution >= 4 is 5.82 Å². The highest BCUT2D eigenvalue weighted by atomic mass is 16.5. The summed E-state index contributed by atoms with van der Waals surface area (Å²) in [5.41, 5.74) is 7.89. The van der Waals surface area contributed by atoms with Gasteiger partial charge in [-0.15, -0.1) is 0 Å². The van der Waals surface area contributed by atoms with E-state index in [0.29, 0.717) is 23.8 Å². The molecular formula is C24H25N5O2. The fourth-order valence-electron chi connectivity index (χ4n) is 3.90. The number of anilines is 1. The van der Waals surface area contributed by atoms with Crippen molar-refractivity contribution in [2.45, 2.75) is 31.9 Å². The van der Waals surface area contributed by atoms with Gasteiger partial charge in [0.2, 0.25) is 5.75 Å². The minimum atomic E-state index is -0.501. The third kappa shape index (κ3) is 4.44.